The molecule has 2 rings (SSSR count). The number of esters is 1. The number of hydrogen-bond donors (Lipinski definition) is 1. The second-order valence-corrected chi connectivity index (χ2v) is 8.02. The maximum atomic E-state index is 12.5. The van der Waals surface area contributed by atoms with E-state index in [1.54, 1.807) is 32.9 Å². The first-order chi connectivity index (χ1) is 12.7. The largest absolute Gasteiger partial charge is 0.486 e. The van der Waals surface area contributed by atoms with E-state index in [-0.39, 0.29) is 37.2 Å². The van der Waals surface area contributed by atoms with Crippen LogP contribution in [0.4, 0.5) is 0 Å². The lowest BCUT2D eigenvalue weighted by Gasteiger charge is -2.22. The number of carbonyl (C=O) groups is 3. The summed E-state index contributed by atoms with van der Waals surface area (Å²) in [7, 11) is 0. The molecule has 0 aliphatic heterocycles. The summed E-state index contributed by atoms with van der Waals surface area (Å²) in [6, 6.07) is 9.03. The van der Waals surface area contributed by atoms with Crippen LogP contribution in [-0.4, -0.2) is 36.4 Å². The molecule has 1 atom stereocenters. The zero-order valence-corrected chi connectivity index (χ0v) is 16.3. The van der Waals surface area contributed by atoms with Gasteiger partial charge in [-0.05, 0) is 45.2 Å². The van der Waals surface area contributed by atoms with Gasteiger partial charge in [0.15, 0.2) is 5.78 Å². The lowest BCUT2D eigenvalue weighted by molar-refractivity contribution is -0.157. The molecule has 1 amide bonds. The summed E-state index contributed by atoms with van der Waals surface area (Å²) in [6.45, 7) is 5.18. The average Bonchev–Trinajstić information content (AvgIpc) is 3.40. The highest BCUT2D eigenvalue weighted by atomic mass is 16.6. The summed E-state index contributed by atoms with van der Waals surface area (Å²) >= 11 is 0. The molecule has 1 aliphatic rings. The first kappa shape index (κ1) is 20.9. The summed E-state index contributed by atoms with van der Waals surface area (Å²) in [5.74, 6) is -0.262. The Morgan fingerprint density at radius 1 is 1.15 bits per heavy atom. The first-order valence-corrected chi connectivity index (χ1v) is 9.42. The SMILES string of the molecule is CC(C)(C)OC(=O)C[C@@H](CC1CC1)C(=O)NCC(=O)COc1ccccc1. The number of carbonyl (C=O) groups excluding carboxylic acids is 3. The summed E-state index contributed by atoms with van der Waals surface area (Å²) < 4.78 is 10.7. The van der Waals surface area contributed by atoms with Crippen molar-refractivity contribution < 1.29 is 23.9 Å². The number of ether oxygens (including phenoxy) is 2. The zero-order chi connectivity index (χ0) is 19.9. The van der Waals surface area contributed by atoms with E-state index in [0.29, 0.717) is 18.1 Å². The minimum absolute atomic E-state index is 0.0360. The summed E-state index contributed by atoms with van der Waals surface area (Å²) in [6.07, 6.45) is 2.86. The normalized spacial score (nSPS) is 14.9. The second kappa shape index (κ2) is 9.53. The summed E-state index contributed by atoms with van der Waals surface area (Å²) in [4.78, 5) is 36.5. The van der Waals surface area contributed by atoms with Crippen LogP contribution in [0, 0.1) is 11.8 Å². The third-order valence-electron chi connectivity index (χ3n) is 4.12. The van der Waals surface area contributed by atoms with Crippen molar-refractivity contribution in [2.75, 3.05) is 13.2 Å². The van der Waals surface area contributed by atoms with Crippen molar-refractivity contribution >= 4 is 17.7 Å². The molecule has 0 radical (unpaired) electrons. The van der Waals surface area contributed by atoms with Crippen molar-refractivity contribution in [2.24, 2.45) is 11.8 Å². The van der Waals surface area contributed by atoms with E-state index in [4.69, 9.17) is 9.47 Å². The molecule has 6 nitrogen and oxygen atoms in total. The van der Waals surface area contributed by atoms with E-state index in [0.717, 1.165) is 12.8 Å². The van der Waals surface area contributed by atoms with Crippen molar-refractivity contribution in [3.63, 3.8) is 0 Å². The fourth-order valence-corrected chi connectivity index (χ4v) is 2.68. The fourth-order valence-electron chi connectivity index (χ4n) is 2.68. The Morgan fingerprint density at radius 3 is 2.41 bits per heavy atom. The number of nitrogens with one attached hydrogen (secondary N) is 1. The molecular weight excluding hydrogens is 346 g/mol. The standard InChI is InChI=1S/C21H29NO5/c1-21(2,3)27-19(24)12-16(11-15-9-10-15)20(25)22-13-17(23)14-26-18-7-5-4-6-8-18/h4-8,15-16H,9-14H2,1-3H3,(H,22,25)/t16-/m1/s1. The number of hydrogen-bond acceptors (Lipinski definition) is 5. The molecule has 0 bridgehead atoms. The van der Waals surface area contributed by atoms with Gasteiger partial charge in [-0.2, -0.15) is 0 Å². The summed E-state index contributed by atoms with van der Waals surface area (Å²) in [5.41, 5.74) is -0.581. The van der Waals surface area contributed by atoms with E-state index in [2.05, 4.69) is 5.32 Å². The van der Waals surface area contributed by atoms with Crippen LogP contribution >= 0.6 is 0 Å². The molecule has 1 fully saturated rings. The Labute approximate surface area is 160 Å². The van der Waals surface area contributed by atoms with Crippen molar-refractivity contribution in [1.82, 2.24) is 5.32 Å². The Morgan fingerprint density at radius 2 is 1.81 bits per heavy atom. The number of para-hydroxylation sites is 1. The van der Waals surface area contributed by atoms with E-state index >= 15 is 0 Å². The molecule has 0 unspecified atom stereocenters. The molecule has 1 N–H and O–H groups in total. The van der Waals surface area contributed by atoms with Crippen LogP contribution in [0.1, 0.15) is 46.5 Å². The van der Waals surface area contributed by atoms with E-state index < -0.39 is 11.5 Å². The maximum Gasteiger partial charge on any atom is 0.307 e. The highest BCUT2D eigenvalue weighted by Gasteiger charge is 2.32. The van der Waals surface area contributed by atoms with E-state index in [1.807, 2.05) is 18.2 Å². The van der Waals surface area contributed by atoms with Gasteiger partial charge in [0, 0.05) is 5.92 Å². The molecular formula is C21H29NO5. The number of ketones is 1. The number of amides is 1. The van der Waals surface area contributed by atoms with Gasteiger partial charge >= 0.3 is 5.97 Å². The lowest BCUT2D eigenvalue weighted by atomic mass is 9.97. The Balaban J connectivity index is 1.78. The molecule has 1 aromatic rings. The second-order valence-electron chi connectivity index (χ2n) is 8.02. The highest BCUT2D eigenvalue weighted by Crippen LogP contribution is 2.36. The molecule has 27 heavy (non-hydrogen) atoms. The van der Waals surface area contributed by atoms with Gasteiger partial charge in [-0.1, -0.05) is 31.0 Å². The number of benzene rings is 1. The van der Waals surface area contributed by atoms with Gasteiger partial charge in [0.1, 0.15) is 18.0 Å². The minimum atomic E-state index is -0.581. The Kier molecular flexibility index (Phi) is 7.39. The number of rotatable bonds is 10. The van der Waals surface area contributed by atoms with Crippen LogP contribution in [0.2, 0.25) is 0 Å². The van der Waals surface area contributed by atoms with Crippen LogP contribution in [0.25, 0.3) is 0 Å². The molecule has 1 aliphatic carbocycles. The smallest absolute Gasteiger partial charge is 0.307 e. The van der Waals surface area contributed by atoms with Gasteiger partial charge in [0.25, 0.3) is 0 Å². The molecule has 0 heterocycles. The van der Waals surface area contributed by atoms with Crippen LogP contribution in [0.15, 0.2) is 30.3 Å². The predicted molar refractivity (Wildman–Crippen MR) is 101 cm³/mol. The van der Waals surface area contributed by atoms with Crippen LogP contribution in [-0.2, 0) is 19.1 Å². The van der Waals surface area contributed by atoms with Crippen molar-refractivity contribution in [2.45, 2.75) is 52.1 Å². The highest BCUT2D eigenvalue weighted by molar-refractivity contribution is 5.89. The van der Waals surface area contributed by atoms with Crippen LogP contribution in [0.3, 0.4) is 0 Å². The van der Waals surface area contributed by atoms with Crippen LogP contribution < -0.4 is 10.1 Å². The van der Waals surface area contributed by atoms with Crippen molar-refractivity contribution in [3.05, 3.63) is 30.3 Å². The molecule has 148 valence electrons. The van der Waals surface area contributed by atoms with Gasteiger partial charge in [-0.25, -0.2) is 0 Å². The van der Waals surface area contributed by atoms with E-state index in [1.165, 1.54) is 0 Å². The van der Waals surface area contributed by atoms with Gasteiger partial charge in [0.05, 0.1) is 13.0 Å². The van der Waals surface area contributed by atoms with Gasteiger partial charge in [-0.15, -0.1) is 0 Å². The average molecular weight is 375 g/mol. The summed E-state index contributed by atoms with van der Waals surface area (Å²) in [5, 5.41) is 2.64. The predicted octanol–water partition coefficient (Wildman–Crippen LogP) is 2.90. The monoisotopic (exact) mass is 375 g/mol. The van der Waals surface area contributed by atoms with Crippen molar-refractivity contribution in [3.8, 4) is 5.75 Å². The quantitative estimate of drug-likeness (QED) is 0.636. The molecule has 1 aromatic carbocycles. The molecule has 0 aromatic heterocycles. The third kappa shape index (κ3) is 8.71. The first-order valence-electron chi connectivity index (χ1n) is 9.42. The topological polar surface area (TPSA) is 81.7 Å². The minimum Gasteiger partial charge on any atom is -0.486 e. The third-order valence-corrected chi connectivity index (χ3v) is 4.12. The van der Waals surface area contributed by atoms with Crippen LogP contribution in [0.5, 0.6) is 5.75 Å². The molecule has 0 saturated heterocycles. The maximum absolute atomic E-state index is 12.5. The van der Waals surface area contributed by atoms with Gasteiger partial charge in [-0.3, -0.25) is 14.4 Å². The fraction of sp³-hybridized carbons (Fsp3) is 0.571. The molecule has 0 spiro atoms. The molecule has 1 saturated carbocycles. The lowest BCUT2D eigenvalue weighted by Crippen LogP contribution is -2.38. The van der Waals surface area contributed by atoms with Crippen molar-refractivity contribution in [1.29, 1.82) is 0 Å². The van der Waals surface area contributed by atoms with Gasteiger partial charge < -0.3 is 14.8 Å². The van der Waals surface area contributed by atoms with Gasteiger partial charge in [0.2, 0.25) is 5.91 Å². The van der Waals surface area contributed by atoms with E-state index in [9.17, 15) is 14.4 Å². The zero-order valence-electron chi connectivity index (χ0n) is 16.3. The molecule has 6 heteroatoms. The Bertz CT molecular complexity index is 646. The number of Topliss-reactive ketones (excluding diaryl/α,β-unsaturated/α-hetero) is 1. The Hall–Kier alpha value is -2.37.